The summed E-state index contributed by atoms with van der Waals surface area (Å²) < 4.78 is 24.0. The summed E-state index contributed by atoms with van der Waals surface area (Å²) in [6.07, 6.45) is -0.00536. The van der Waals surface area contributed by atoms with E-state index in [-0.39, 0.29) is 24.0 Å². The van der Waals surface area contributed by atoms with E-state index in [0.717, 1.165) is 0 Å². The maximum Gasteiger partial charge on any atom is 0.322 e. The molecule has 5 nitrogen and oxygen atoms in total. The van der Waals surface area contributed by atoms with Crippen LogP contribution in [0.3, 0.4) is 0 Å². The number of ether oxygens (including phenoxy) is 2. The van der Waals surface area contributed by atoms with Crippen LogP contribution in [-0.2, 0) is 4.74 Å². The molecule has 20 heavy (non-hydrogen) atoms. The first-order valence-electron chi connectivity index (χ1n) is 6.54. The minimum atomic E-state index is -0.506. The number of rotatable bonds is 2. The fourth-order valence-corrected chi connectivity index (χ4v) is 2.29. The van der Waals surface area contributed by atoms with Gasteiger partial charge in [-0.1, -0.05) is 0 Å². The zero-order valence-corrected chi connectivity index (χ0v) is 11.9. The second-order valence-electron chi connectivity index (χ2n) is 4.94. The molecule has 1 aliphatic rings. The number of methoxy groups -OCH3 is 1. The minimum absolute atomic E-state index is 0.00268. The number of nitrogens with one attached hydrogen (secondary N) is 1. The van der Waals surface area contributed by atoms with Crippen LogP contribution >= 0.6 is 0 Å². The normalized spacial score (nSPS) is 22.5. The van der Waals surface area contributed by atoms with Gasteiger partial charge in [-0.2, -0.15) is 0 Å². The van der Waals surface area contributed by atoms with Gasteiger partial charge in [-0.25, -0.2) is 9.18 Å². The average molecular weight is 282 g/mol. The highest BCUT2D eigenvalue weighted by Gasteiger charge is 2.25. The first-order valence-corrected chi connectivity index (χ1v) is 6.54. The summed E-state index contributed by atoms with van der Waals surface area (Å²) in [5.74, 6) is -0.356. The fraction of sp³-hybridized carbons (Fsp3) is 0.500. The molecule has 0 bridgehead atoms. The van der Waals surface area contributed by atoms with Crippen molar-refractivity contribution in [3.8, 4) is 5.75 Å². The van der Waals surface area contributed by atoms with E-state index in [0.29, 0.717) is 18.8 Å². The molecule has 2 atom stereocenters. The lowest BCUT2D eigenvalue weighted by Gasteiger charge is -2.35. The first kappa shape index (κ1) is 14.6. The van der Waals surface area contributed by atoms with E-state index in [2.05, 4.69) is 5.32 Å². The quantitative estimate of drug-likeness (QED) is 0.906. The number of anilines is 1. The van der Waals surface area contributed by atoms with Crippen molar-refractivity contribution in [2.45, 2.75) is 26.1 Å². The van der Waals surface area contributed by atoms with Gasteiger partial charge in [0, 0.05) is 24.8 Å². The number of nitrogens with zero attached hydrogens (tertiary/aromatic N) is 1. The number of urea groups is 1. The summed E-state index contributed by atoms with van der Waals surface area (Å²) in [6.45, 7) is 4.88. The van der Waals surface area contributed by atoms with Gasteiger partial charge >= 0.3 is 6.03 Å². The predicted molar refractivity (Wildman–Crippen MR) is 73.6 cm³/mol. The number of hydrogen-bond acceptors (Lipinski definition) is 3. The van der Waals surface area contributed by atoms with Crippen LogP contribution in [0.2, 0.25) is 0 Å². The Morgan fingerprint density at radius 3 is 2.60 bits per heavy atom. The van der Waals surface area contributed by atoms with Crippen LogP contribution in [0, 0.1) is 5.82 Å². The monoisotopic (exact) mass is 282 g/mol. The highest BCUT2D eigenvalue weighted by Crippen LogP contribution is 2.21. The number of carbonyl (C=O) groups excluding carboxylic acids is 1. The van der Waals surface area contributed by atoms with Crippen molar-refractivity contribution in [3.05, 3.63) is 24.0 Å². The molecule has 1 aliphatic heterocycles. The van der Waals surface area contributed by atoms with Gasteiger partial charge in [-0.3, -0.25) is 0 Å². The molecule has 0 aromatic heterocycles. The van der Waals surface area contributed by atoms with Crippen LogP contribution in [0.15, 0.2) is 18.2 Å². The van der Waals surface area contributed by atoms with E-state index in [1.807, 2.05) is 13.8 Å². The van der Waals surface area contributed by atoms with E-state index in [9.17, 15) is 9.18 Å². The lowest BCUT2D eigenvalue weighted by Crippen LogP contribution is -2.49. The molecular weight excluding hydrogens is 263 g/mol. The van der Waals surface area contributed by atoms with Gasteiger partial charge in [-0.05, 0) is 26.0 Å². The van der Waals surface area contributed by atoms with Gasteiger partial charge in [0.1, 0.15) is 0 Å². The van der Waals surface area contributed by atoms with Gasteiger partial charge < -0.3 is 19.7 Å². The maximum absolute atomic E-state index is 13.6. The van der Waals surface area contributed by atoms with Crippen LogP contribution in [0.5, 0.6) is 5.75 Å². The third kappa shape index (κ3) is 3.39. The molecule has 0 radical (unpaired) electrons. The summed E-state index contributed by atoms with van der Waals surface area (Å²) >= 11 is 0. The van der Waals surface area contributed by atoms with Crippen LogP contribution in [0.1, 0.15) is 13.8 Å². The Morgan fingerprint density at radius 1 is 1.40 bits per heavy atom. The smallest absolute Gasteiger partial charge is 0.322 e. The van der Waals surface area contributed by atoms with E-state index in [1.54, 1.807) is 11.0 Å². The summed E-state index contributed by atoms with van der Waals surface area (Å²) in [6, 6.07) is 4.07. The zero-order valence-electron chi connectivity index (χ0n) is 11.9. The molecule has 1 aromatic carbocycles. The lowest BCUT2D eigenvalue weighted by molar-refractivity contribution is -0.0530. The number of morpholine rings is 1. The topological polar surface area (TPSA) is 50.8 Å². The number of halogens is 1. The molecule has 1 heterocycles. The Morgan fingerprint density at radius 2 is 2.05 bits per heavy atom. The van der Waals surface area contributed by atoms with Gasteiger partial charge in [0.2, 0.25) is 0 Å². The molecule has 1 aromatic rings. The second kappa shape index (κ2) is 6.09. The summed E-state index contributed by atoms with van der Waals surface area (Å²) in [5.41, 5.74) is 0.403. The van der Waals surface area contributed by atoms with Crippen LogP contribution in [-0.4, -0.2) is 43.3 Å². The molecule has 2 amide bonds. The zero-order chi connectivity index (χ0) is 14.7. The SMILES string of the molecule is COc1ccc(NC(=O)N2C[C@@H](C)O[C@@H](C)C2)cc1F. The molecule has 110 valence electrons. The Hall–Kier alpha value is -1.82. The van der Waals surface area contributed by atoms with E-state index >= 15 is 0 Å². The molecule has 0 aliphatic carbocycles. The van der Waals surface area contributed by atoms with Gasteiger partial charge in [0.05, 0.1) is 19.3 Å². The lowest BCUT2D eigenvalue weighted by atomic mass is 10.2. The highest BCUT2D eigenvalue weighted by molar-refractivity contribution is 5.89. The van der Waals surface area contributed by atoms with Crippen molar-refractivity contribution in [1.29, 1.82) is 0 Å². The van der Waals surface area contributed by atoms with E-state index in [1.165, 1.54) is 19.2 Å². The third-order valence-corrected chi connectivity index (χ3v) is 3.11. The average Bonchev–Trinajstić information content (AvgIpc) is 2.37. The van der Waals surface area contributed by atoms with Crippen LogP contribution in [0.25, 0.3) is 0 Å². The van der Waals surface area contributed by atoms with Crippen molar-refractivity contribution < 1.29 is 18.7 Å². The second-order valence-corrected chi connectivity index (χ2v) is 4.94. The Bertz CT molecular complexity index is 485. The standard InChI is InChI=1S/C14H19FN2O3/c1-9-7-17(8-10(2)20-9)14(18)16-11-4-5-13(19-3)12(15)6-11/h4-6,9-10H,7-8H2,1-3H3,(H,16,18)/t9-,10+. The molecule has 1 N–H and O–H groups in total. The molecule has 1 saturated heterocycles. The van der Waals surface area contributed by atoms with Crippen LogP contribution in [0.4, 0.5) is 14.9 Å². The Labute approximate surface area is 117 Å². The van der Waals surface area contributed by atoms with Crippen molar-refractivity contribution in [2.24, 2.45) is 0 Å². The fourth-order valence-electron chi connectivity index (χ4n) is 2.29. The molecule has 0 unspecified atom stereocenters. The van der Waals surface area contributed by atoms with Gasteiger partial charge in [-0.15, -0.1) is 0 Å². The predicted octanol–water partition coefficient (Wildman–Crippen LogP) is 2.48. The van der Waals surface area contributed by atoms with Crippen molar-refractivity contribution in [2.75, 3.05) is 25.5 Å². The van der Waals surface area contributed by atoms with Crippen molar-refractivity contribution in [3.63, 3.8) is 0 Å². The summed E-state index contributed by atoms with van der Waals surface area (Å²) in [5, 5.41) is 2.68. The number of amides is 2. The van der Waals surface area contributed by atoms with E-state index < -0.39 is 5.82 Å². The van der Waals surface area contributed by atoms with E-state index in [4.69, 9.17) is 9.47 Å². The molecule has 0 spiro atoms. The number of hydrogen-bond donors (Lipinski definition) is 1. The molecule has 0 saturated carbocycles. The molecule has 1 fully saturated rings. The largest absolute Gasteiger partial charge is 0.494 e. The summed E-state index contributed by atoms with van der Waals surface area (Å²) in [7, 11) is 1.40. The van der Waals surface area contributed by atoms with Gasteiger partial charge in [0.15, 0.2) is 11.6 Å². The van der Waals surface area contributed by atoms with Crippen molar-refractivity contribution in [1.82, 2.24) is 4.90 Å². The third-order valence-electron chi connectivity index (χ3n) is 3.11. The Kier molecular flexibility index (Phi) is 4.44. The maximum atomic E-state index is 13.6. The molecular formula is C14H19FN2O3. The van der Waals surface area contributed by atoms with Crippen LogP contribution < -0.4 is 10.1 Å². The van der Waals surface area contributed by atoms with Crippen molar-refractivity contribution >= 4 is 11.7 Å². The number of benzene rings is 1. The number of carbonyl (C=O) groups is 1. The first-order chi connectivity index (χ1) is 9.49. The Balaban J connectivity index is 2.02. The summed E-state index contributed by atoms with van der Waals surface area (Å²) in [4.78, 5) is 13.8. The van der Waals surface area contributed by atoms with Gasteiger partial charge in [0.25, 0.3) is 0 Å². The highest BCUT2D eigenvalue weighted by atomic mass is 19.1. The molecule has 2 rings (SSSR count). The molecule has 6 heteroatoms. The minimum Gasteiger partial charge on any atom is -0.494 e.